The van der Waals surface area contributed by atoms with Crippen LogP contribution < -0.4 is 5.32 Å². The molecule has 1 aromatic rings. The summed E-state index contributed by atoms with van der Waals surface area (Å²) in [5, 5.41) is 2.94. The monoisotopic (exact) mass is 303 g/mol. The van der Waals surface area contributed by atoms with Crippen molar-refractivity contribution in [3.63, 3.8) is 0 Å². The van der Waals surface area contributed by atoms with E-state index in [-0.39, 0.29) is 17.6 Å². The number of unbranched alkanes of at least 4 members (excludes halogenated alkanes) is 4. The van der Waals surface area contributed by atoms with Gasteiger partial charge in [0, 0.05) is 24.4 Å². The summed E-state index contributed by atoms with van der Waals surface area (Å²) in [6, 6.07) is 7.51. The summed E-state index contributed by atoms with van der Waals surface area (Å²) in [4.78, 5) is 23.6. The summed E-state index contributed by atoms with van der Waals surface area (Å²) in [6.07, 6.45) is 6.40. The van der Waals surface area contributed by atoms with Crippen LogP contribution in [0, 0.1) is 5.92 Å². The fourth-order valence-corrected chi connectivity index (χ4v) is 2.30. The molecule has 1 rings (SSSR count). The van der Waals surface area contributed by atoms with E-state index in [4.69, 9.17) is 0 Å². The first-order valence-corrected chi connectivity index (χ1v) is 8.44. The van der Waals surface area contributed by atoms with Gasteiger partial charge < -0.3 is 5.32 Å². The molecule has 0 radical (unpaired) electrons. The number of benzene rings is 1. The number of amides is 1. The molecular weight excluding hydrogens is 274 g/mol. The van der Waals surface area contributed by atoms with E-state index in [1.54, 1.807) is 0 Å². The molecule has 22 heavy (non-hydrogen) atoms. The number of nitrogens with one attached hydrogen (secondary N) is 1. The first kappa shape index (κ1) is 18.4. The van der Waals surface area contributed by atoms with Gasteiger partial charge in [-0.3, -0.25) is 9.59 Å². The van der Waals surface area contributed by atoms with Gasteiger partial charge in [0.25, 0.3) is 0 Å². The van der Waals surface area contributed by atoms with Crippen molar-refractivity contribution in [3.05, 3.63) is 35.4 Å². The smallest absolute Gasteiger partial charge is 0.220 e. The highest BCUT2D eigenvalue weighted by Gasteiger charge is 2.09. The van der Waals surface area contributed by atoms with Crippen LogP contribution in [0.2, 0.25) is 0 Å². The van der Waals surface area contributed by atoms with Crippen molar-refractivity contribution < 1.29 is 9.59 Å². The van der Waals surface area contributed by atoms with Crippen LogP contribution in [0.1, 0.15) is 75.2 Å². The molecule has 0 fully saturated rings. The predicted molar refractivity (Wildman–Crippen MR) is 90.8 cm³/mol. The Labute approximate surface area is 134 Å². The summed E-state index contributed by atoms with van der Waals surface area (Å²) >= 11 is 0. The molecule has 1 amide bonds. The summed E-state index contributed by atoms with van der Waals surface area (Å²) < 4.78 is 0. The van der Waals surface area contributed by atoms with Crippen LogP contribution in [0.4, 0.5) is 0 Å². The lowest BCUT2D eigenvalue weighted by molar-refractivity contribution is -0.121. The van der Waals surface area contributed by atoms with Crippen LogP contribution in [0.15, 0.2) is 24.3 Å². The number of rotatable bonds is 10. The van der Waals surface area contributed by atoms with Gasteiger partial charge in [-0.05, 0) is 12.0 Å². The van der Waals surface area contributed by atoms with Gasteiger partial charge in [0.05, 0.1) is 0 Å². The fourth-order valence-electron chi connectivity index (χ4n) is 2.30. The third-order valence-electron chi connectivity index (χ3n) is 3.76. The number of Topliss-reactive ketones (excluding diaryl/α,β-unsaturated/α-hetero) is 1. The number of carbonyl (C=O) groups is 2. The van der Waals surface area contributed by atoms with Gasteiger partial charge in [-0.25, -0.2) is 0 Å². The lowest BCUT2D eigenvalue weighted by atomic mass is 10.00. The Kier molecular flexibility index (Phi) is 8.49. The maximum atomic E-state index is 11.8. The van der Waals surface area contributed by atoms with E-state index >= 15 is 0 Å². The summed E-state index contributed by atoms with van der Waals surface area (Å²) in [7, 11) is 0. The number of hydrogen-bond acceptors (Lipinski definition) is 2. The third-order valence-corrected chi connectivity index (χ3v) is 3.76. The Morgan fingerprint density at radius 3 is 2.23 bits per heavy atom. The molecule has 1 aromatic carbocycles. The summed E-state index contributed by atoms with van der Waals surface area (Å²) in [5.74, 6) is 0.278. The second kappa shape index (κ2) is 10.1. The molecule has 0 saturated heterocycles. The molecule has 1 N–H and O–H groups in total. The average molecular weight is 303 g/mol. The lowest BCUT2D eigenvalue weighted by Crippen LogP contribution is -2.22. The lowest BCUT2D eigenvalue weighted by Gasteiger charge is -2.07. The van der Waals surface area contributed by atoms with Gasteiger partial charge in [-0.15, -0.1) is 0 Å². The summed E-state index contributed by atoms with van der Waals surface area (Å²) in [6.45, 7) is 6.52. The quantitative estimate of drug-likeness (QED) is 0.511. The van der Waals surface area contributed by atoms with Crippen molar-refractivity contribution in [2.75, 3.05) is 0 Å². The van der Waals surface area contributed by atoms with E-state index in [1.807, 2.05) is 38.1 Å². The molecule has 3 heteroatoms. The highest BCUT2D eigenvalue weighted by Crippen LogP contribution is 2.10. The molecule has 0 atom stereocenters. The minimum absolute atomic E-state index is 0.0123. The van der Waals surface area contributed by atoms with Crippen LogP contribution in [0.25, 0.3) is 0 Å². The minimum Gasteiger partial charge on any atom is -0.352 e. The Hall–Kier alpha value is -1.64. The summed E-state index contributed by atoms with van der Waals surface area (Å²) in [5.41, 5.74) is 1.76. The molecule has 0 saturated carbocycles. The number of ketones is 1. The standard InChI is InChI=1S/C19H29NO2/c1-4-5-6-7-8-9-18(21)20-14-16-10-12-17(13-11-16)19(22)15(2)3/h10-13,15H,4-9,14H2,1-3H3,(H,20,21). The fraction of sp³-hybridized carbons (Fsp3) is 0.579. The second-order valence-electron chi connectivity index (χ2n) is 6.16. The van der Waals surface area contributed by atoms with E-state index in [9.17, 15) is 9.59 Å². The Bertz CT molecular complexity index is 463. The zero-order valence-corrected chi connectivity index (χ0v) is 14.2. The zero-order chi connectivity index (χ0) is 16.4. The third kappa shape index (κ3) is 6.88. The van der Waals surface area contributed by atoms with E-state index < -0.39 is 0 Å². The highest BCUT2D eigenvalue weighted by molar-refractivity contribution is 5.97. The van der Waals surface area contributed by atoms with Gasteiger partial charge >= 0.3 is 0 Å². The molecular formula is C19H29NO2. The van der Waals surface area contributed by atoms with Gasteiger partial charge in [0.2, 0.25) is 5.91 Å². The van der Waals surface area contributed by atoms with Crippen molar-refractivity contribution in [3.8, 4) is 0 Å². The minimum atomic E-state index is 0.0123. The Morgan fingerprint density at radius 2 is 1.64 bits per heavy atom. The SMILES string of the molecule is CCCCCCCC(=O)NCc1ccc(C(=O)C(C)C)cc1. The van der Waals surface area contributed by atoms with E-state index in [1.165, 1.54) is 19.3 Å². The topological polar surface area (TPSA) is 46.2 Å². The van der Waals surface area contributed by atoms with E-state index in [0.29, 0.717) is 13.0 Å². The van der Waals surface area contributed by atoms with Gasteiger partial charge in [-0.1, -0.05) is 70.7 Å². The maximum absolute atomic E-state index is 11.8. The number of carbonyl (C=O) groups excluding carboxylic acids is 2. The van der Waals surface area contributed by atoms with Crippen molar-refractivity contribution in [1.29, 1.82) is 0 Å². The van der Waals surface area contributed by atoms with Gasteiger partial charge in [0.1, 0.15) is 0 Å². The van der Waals surface area contributed by atoms with E-state index in [0.717, 1.165) is 24.0 Å². The van der Waals surface area contributed by atoms with Gasteiger partial charge in [-0.2, -0.15) is 0 Å². The molecule has 0 bridgehead atoms. The molecule has 3 nitrogen and oxygen atoms in total. The molecule has 0 aromatic heterocycles. The van der Waals surface area contributed by atoms with Crippen LogP contribution >= 0.6 is 0 Å². The zero-order valence-electron chi connectivity index (χ0n) is 14.2. The molecule has 0 aliphatic rings. The van der Waals surface area contributed by atoms with Crippen molar-refractivity contribution in [1.82, 2.24) is 5.32 Å². The van der Waals surface area contributed by atoms with Crippen molar-refractivity contribution in [2.45, 2.75) is 65.8 Å². The van der Waals surface area contributed by atoms with Crippen LogP contribution in [-0.4, -0.2) is 11.7 Å². The Balaban J connectivity index is 2.29. The molecule has 0 spiro atoms. The maximum Gasteiger partial charge on any atom is 0.220 e. The molecule has 0 heterocycles. The molecule has 0 aliphatic carbocycles. The first-order chi connectivity index (χ1) is 10.5. The van der Waals surface area contributed by atoms with Crippen LogP contribution in [0.3, 0.4) is 0 Å². The molecule has 122 valence electrons. The molecule has 0 unspecified atom stereocenters. The average Bonchev–Trinajstić information content (AvgIpc) is 2.52. The second-order valence-corrected chi connectivity index (χ2v) is 6.16. The van der Waals surface area contributed by atoms with Crippen LogP contribution in [0.5, 0.6) is 0 Å². The van der Waals surface area contributed by atoms with Crippen molar-refractivity contribution in [2.24, 2.45) is 5.92 Å². The van der Waals surface area contributed by atoms with Gasteiger partial charge in [0.15, 0.2) is 5.78 Å². The first-order valence-electron chi connectivity index (χ1n) is 8.44. The largest absolute Gasteiger partial charge is 0.352 e. The number of hydrogen-bond donors (Lipinski definition) is 1. The Morgan fingerprint density at radius 1 is 1.00 bits per heavy atom. The molecule has 0 aliphatic heterocycles. The van der Waals surface area contributed by atoms with Crippen molar-refractivity contribution >= 4 is 11.7 Å². The van der Waals surface area contributed by atoms with Crippen LogP contribution in [-0.2, 0) is 11.3 Å². The predicted octanol–water partition coefficient (Wildman–Crippen LogP) is 4.50. The highest BCUT2D eigenvalue weighted by atomic mass is 16.1. The normalized spacial score (nSPS) is 10.7. The van der Waals surface area contributed by atoms with E-state index in [2.05, 4.69) is 12.2 Å².